The Morgan fingerprint density at radius 1 is 0.347 bits per heavy atom. The number of aliphatic hydroxyl groups excluding tert-OH is 18. The minimum Gasteiger partial charge on any atom is -0.394 e. The largest absolute Gasteiger partial charge is 0.394 e. The second kappa shape index (κ2) is 24.4. The molecule has 18 N–H and O–H groups in total. The number of rotatable bonds is 20. The summed E-state index contributed by atoms with van der Waals surface area (Å²) in [4.78, 5) is 0. The molecule has 0 aliphatic carbocycles. The van der Waals surface area contributed by atoms with Crippen LogP contribution >= 0.6 is 0 Å². The maximum Gasteiger partial charge on any atom is 0.187 e. The molecule has 0 radical (unpaired) electrons. The van der Waals surface area contributed by atoms with Crippen LogP contribution in [0.1, 0.15) is 0 Å². The molecule has 9 saturated heterocycles. The first-order valence-electron chi connectivity index (χ1n) is 24.4. The van der Waals surface area contributed by atoms with E-state index in [0.29, 0.717) is 0 Å². The van der Waals surface area contributed by atoms with Crippen molar-refractivity contribution < 1.29 is 163 Å². The highest BCUT2D eigenvalue weighted by Gasteiger charge is 2.61. The molecule has 75 heavy (non-hydrogen) atoms. The van der Waals surface area contributed by atoms with Crippen molar-refractivity contribution in [2.75, 3.05) is 52.9 Å². The minimum atomic E-state index is -2.04. The Balaban J connectivity index is 0.772. The van der Waals surface area contributed by atoms with E-state index in [4.69, 9.17) is 71.1 Å². The van der Waals surface area contributed by atoms with Gasteiger partial charge in [0.2, 0.25) is 0 Å². The van der Waals surface area contributed by atoms with Crippen molar-refractivity contribution in [1.29, 1.82) is 0 Å². The van der Waals surface area contributed by atoms with Gasteiger partial charge in [-0.1, -0.05) is 0 Å². The van der Waals surface area contributed by atoms with Gasteiger partial charge in [-0.3, -0.25) is 0 Å². The Morgan fingerprint density at radius 3 is 1.07 bits per heavy atom. The van der Waals surface area contributed by atoms with Crippen LogP contribution in [0.2, 0.25) is 0 Å². The Hall–Kier alpha value is -1.32. The van der Waals surface area contributed by atoms with Crippen LogP contribution < -0.4 is 0 Å². The molecule has 434 valence electrons. The third-order valence-corrected chi connectivity index (χ3v) is 14.9. The predicted molar refractivity (Wildman–Crippen MR) is 224 cm³/mol. The summed E-state index contributed by atoms with van der Waals surface area (Å²) in [6.45, 7) is -4.96. The Kier molecular flexibility index (Phi) is 19.0. The van der Waals surface area contributed by atoms with E-state index in [1.807, 2.05) is 0 Å². The maximum absolute atomic E-state index is 11.5. The predicted octanol–water partition coefficient (Wildman–Crippen LogP) is -13.5. The van der Waals surface area contributed by atoms with Crippen LogP contribution in [0.3, 0.4) is 0 Å². The lowest BCUT2D eigenvalue weighted by Crippen LogP contribution is -2.66. The van der Waals surface area contributed by atoms with Gasteiger partial charge in [0.15, 0.2) is 37.7 Å². The summed E-state index contributed by atoms with van der Waals surface area (Å²) in [5, 5.41) is 189. The van der Waals surface area contributed by atoms with Gasteiger partial charge < -0.3 is 163 Å². The molecule has 33 nitrogen and oxygen atoms in total. The lowest BCUT2D eigenvalue weighted by molar-refractivity contribution is -0.377. The number of hydrogen-bond donors (Lipinski definition) is 18. The number of hydrogen-bond acceptors (Lipinski definition) is 33. The Labute approximate surface area is 424 Å². The zero-order valence-corrected chi connectivity index (χ0v) is 39.5. The molecule has 9 aliphatic rings. The fourth-order valence-electron chi connectivity index (χ4n) is 10.7. The van der Waals surface area contributed by atoms with Crippen LogP contribution in [0.4, 0.5) is 0 Å². The highest BCUT2D eigenvalue weighted by molar-refractivity contribution is 5.04. The highest BCUT2D eigenvalue weighted by atomic mass is 16.8. The van der Waals surface area contributed by atoms with E-state index >= 15 is 0 Å². The lowest BCUT2D eigenvalue weighted by atomic mass is 9.96. The Bertz CT molecular complexity index is 1810. The fraction of sp³-hybridized carbons (Fsp3) is 1.00. The van der Waals surface area contributed by atoms with Gasteiger partial charge in [-0.15, -0.1) is 0 Å². The lowest BCUT2D eigenvalue weighted by Gasteiger charge is -2.47. The number of fused-ring (bicyclic) bond motifs is 6. The first kappa shape index (κ1) is 58.3. The zero-order valence-electron chi connectivity index (χ0n) is 39.5. The average molecular weight is 1100 g/mol. The summed E-state index contributed by atoms with van der Waals surface area (Å²) in [6, 6.07) is 0. The van der Waals surface area contributed by atoms with E-state index in [2.05, 4.69) is 0 Å². The van der Waals surface area contributed by atoms with Gasteiger partial charge in [-0.05, 0) is 0 Å². The molecule has 0 aromatic rings. The van der Waals surface area contributed by atoms with Gasteiger partial charge in [0.05, 0.1) is 52.9 Å². The van der Waals surface area contributed by atoms with Gasteiger partial charge in [0.25, 0.3) is 0 Å². The van der Waals surface area contributed by atoms with Crippen molar-refractivity contribution >= 4 is 0 Å². The second-order valence-electron chi connectivity index (χ2n) is 19.7. The summed E-state index contributed by atoms with van der Waals surface area (Å²) in [5.41, 5.74) is 0. The molecule has 0 aromatic heterocycles. The summed E-state index contributed by atoms with van der Waals surface area (Å²) in [5.74, 6) is 0. The zero-order chi connectivity index (χ0) is 53.9. The third kappa shape index (κ3) is 11.2. The second-order valence-corrected chi connectivity index (χ2v) is 19.7. The van der Waals surface area contributed by atoms with Crippen molar-refractivity contribution in [1.82, 2.24) is 0 Å². The van der Waals surface area contributed by atoms with E-state index in [-0.39, 0.29) is 19.8 Å². The molecule has 0 amide bonds. The quantitative estimate of drug-likeness (QED) is 0.0538. The van der Waals surface area contributed by atoms with E-state index in [1.165, 1.54) is 0 Å². The smallest absolute Gasteiger partial charge is 0.187 e. The Morgan fingerprint density at radius 2 is 0.680 bits per heavy atom. The van der Waals surface area contributed by atoms with Crippen molar-refractivity contribution in [2.24, 2.45) is 0 Å². The van der Waals surface area contributed by atoms with Gasteiger partial charge in [0, 0.05) is 0 Å². The molecule has 9 fully saturated rings. The van der Waals surface area contributed by atoms with Gasteiger partial charge >= 0.3 is 0 Å². The van der Waals surface area contributed by atoms with Crippen molar-refractivity contribution in [3.8, 4) is 0 Å². The maximum atomic E-state index is 11.5. The average Bonchev–Trinajstić information content (AvgIpc) is 4.02. The molecule has 0 saturated carbocycles. The molecule has 9 aliphatic heterocycles. The van der Waals surface area contributed by atoms with E-state index in [9.17, 15) is 91.9 Å². The molecular weight excluding hydrogens is 1030 g/mol. The highest BCUT2D eigenvalue weighted by Crippen LogP contribution is 2.42. The fourth-order valence-corrected chi connectivity index (χ4v) is 10.7. The van der Waals surface area contributed by atoms with Crippen molar-refractivity contribution in [3.05, 3.63) is 0 Å². The van der Waals surface area contributed by atoms with Crippen molar-refractivity contribution in [3.63, 3.8) is 0 Å². The van der Waals surface area contributed by atoms with Gasteiger partial charge in [0.1, 0.15) is 171 Å². The standard InChI is InChI=1S/C42H68O33/c43-1-9(48)17(50)28(10(49)2-44)70-38-23(56)20(53)29(12(4-46)65-38)71-41-26(59)35-33(16(68-41)8-62-35)75-42-27(60)36-32(15(69-42)7-63-36)74-39-24(57)21(54)30(13(5-47)66-39)72-40-25(58)34-31(14(67-40)6-61-34)73-37-22(55)19(52)18(51)11(3-45)64-37/h9-60H,1-8H2/t9-,10+,11+,12+,13+,14+,15+,16+,17+,18+,19-,20+,21+,22+,23+,24+,25+,26+,27+,28+,29+,30+,31+,32+,33+,34+,35+,36+,37+,38+,39+,40+,41+,42+/m0/s1. The van der Waals surface area contributed by atoms with Crippen LogP contribution in [0.25, 0.3) is 0 Å². The van der Waals surface area contributed by atoms with Gasteiger partial charge in [-0.2, -0.15) is 0 Å². The third-order valence-electron chi connectivity index (χ3n) is 14.9. The molecule has 0 aromatic carbocycles. The first-order valence-corrected chi connectivity index (χ1v) is 24.4. The molecule has 0 spiro atoms. The normalized spacial score (nSPS) is 52.4. The summed E-state index contributed by atoms with van der Waals surface area (Å²) < 4.78 is 87.0. The van der Waals surface area contributed by atoms with E-state index in [1.54, 1.807) is 0 Å². The van der Waals surface area contributed by atoms with Crippen LogP contribution in [-0.4, -0.2) is 353 Å². The molecule has 33 heteroatoms. The molecule has 0 unspecified atom stereocenters. The van der Waals surface area contributed by atoms with Crippen LogP contribution in [0.15, 0.2) is 0 Å². The van der Waals surface area contributed by atoms with E-state index < -0.39 is 242 Å². The summed E-state index contributed by atoms with van der Waals surface area (Å²) >= 11 is 0. The molecule has 34 atom stereocenters. The summed E-state index contributed by atoms with van der Waals surface area (Å²) in [7, 11) is 0. The monoisotopic (exact) mass is 1100 g/mol. The number of aliphatic hydroxyl groups is 18. The van der Waals surface area contributed by atoms with Gasteiger partial charge in [-0.25, -0.2) is 0 Å². The molecular formula is C42H68O33. The SMILES string of the molecule is OC[C@@H](O)[C@@H](O[C@H]1O[C@H](CO)[C@@H](O[C@H]2O[C@@H]3CO[C@H]([C@H]2O)[C@@H]3O[C@H]2O[C@@H]3CO[C@H]([C@H]2O)[C@@H]3O[C@H]2O[C@H](CO)[C@@H](O[C@H]3O[C@@H]4CO[C@H]([C@H]3O)[C@@H]4O[C@H]3O[C@H](CO)[C@@H](O)[C@H](O)[C@H]3O)[C@H](O)[C@H]2O)[C@H](O)[C@H]1O)[C@H](O)[C@@H](O)CO. The number of ether oxygens (including phenoxy) is 15. The topological polar surface area (TPSA) is 503 Å². The first-order chi connectivity index (χ1) is 35.8. The minimum absolute atomic E-state index is 0.165. The van der Waals surface area contributed by atoms with Crippen LogP contribution in [0.5, 0.6) is 0 Å². The van der Waals surface area contributed by atoms with E-state index in [0.717, 1.165) is 0 Å². The molecule has 9 rings (SSSR count). The molecule has 6 bridgehead atoms. The summed E-state index contributed by atoms with van der Waals surface area (Å²) in [6.07, 6.45) is -53.1. The van der Waals surface area contributed by atoms with Crippen LogP contribution in [-0.2, 0) is 71.1 Å². The van der Waals surface area contributed by atoms with Crippen molar-refractivity contribution in [2.45, 2.75) is 209 Å². The molecule has 9 heterocycles. The van der Waals surface area contributed by atoms with Crippen LogP contribution in [0, 0.1) is 0 Å².